The smallest absolute Gasteiger partial charge is 0.224 e. The van der Waals surface area contributed by atoms with Gasteiger partial charge in [0.05, 0.1) is 26.7 Å². The third-order valence-corrected chi connectivity index (χ3v) is 3.93. The summed E-state index contributed by atoms with van der Waals surface area (Å²) in [6, 6.07) is 7.20. The third-order valence-electron chi connectivity index (χ3n) is 3.23. The minimum atomic E-state index is -0.680. The Labute approximate surface area is 133 Å². The first kappa shape index (κ1) is 16.3. The summed E-state index contributed by atoms with van der Waals surface area (Å²) < 4.78 is 10.4. The molecule has 0 radical (unpaired) electrons. The molecule has 1 unspecified atom stereocenters. The normalized spacial score (nSPS) is 11.8. The van der Waals surface area contributed by atoms with Crippen LogP contribution in [-0.2, 0) is 11.2 Å². The summed E-state index contributed by atoms with van der Waals surface area (Å²) in [5.41, 5.74) is 1.64. The molecular formula is C16H19NO4S. The number of carbonyl (C=O) groups is 1. The van der Waals surface area contributed by atoms with Crippen molar-refractivity contribution in [3.8, 4) is 11.5 Å². The molecule has 0 bridgehead atoms. The lowest BCUT2D eigenvalue weighted by atomic mass is 10.1. The van der Waals surface area contributed by atoms with Gasteiger partial charge in [0.15, 0.2) is 11.5 Å². The number of methoxy groups -OCH3 is 2. The Balaban J connectivity index is 1.89. The van der Waals surface area contributed by atoms with Gasteiger partial charge in [0.1, 0.15) is 0 Å². The van der Waals surface area contributed by atoms with E-state index in [0.29, 0.717) is 11.5 Å². The van der Waals surface area contributed by atoms with E-state index in [1.165, 1.54) is 11.3 Å². The highest BCUT2D eigenvalue weighted by molar-refractivity contribution is 7.07. The van der Waals surface area contributed by atoms with E-state index in [4.69, 9.17) is 9.47 Å². The number of ether oxygens (including phenoxy) is 2. The zero-order chi connectivity index (χ0) is 15.9. The topological polar surface area (TPSA) is 67.8 Å². The van der Waals surface area contributed by atoms with Gasteiger partial charge in [-0.2, -0.15) is 11.3 Å². The third kappa shape index (κ3) is 4.22. The maximum atomic E-state index is 11.9. The lowest BCUT2D eigenvalue weighted by molar-refractivity contribution is -0.120. The second kappa shape index (κ2) is 7.82. The van der Waals surface area contributed by atoms with E-state index in [1.54, 1.807) is 26.4 Å². The number of thiophene rings is 1. The molecule has 0 saturated carbocycles. The molecule has 5 nitrogen and oxygen atoms in total. The van der Waals surface area contributed by atoms with Gasteiger partial charge in [-0.15, -0.1) is 0 Å². The Morgan fingerprint density at radius 3 is 2.68 bits per heavy atom. The molecule has 0 aliphatic rings. The van der Waals surface area contributed by atoms with Crippen molar-refractivity contribution in [3.63, 3.8) is 0 Å². The highest BCUT2D eigenvalue weighted by Gasteiger charge is 2.11. The summed E-state index contributed by atoms with van der Waals surface area (Å²) in [7, 11) is 3.12. The maximum absolute atomic E-state index is 11.9. The maximum Gasteiger partial charge on any atom is 0.224 e. The molecule has 0 aliphatic heterocycles. The van der Waals surface area contributed by atoms with E-state index in [2.05, 4.69) is 5.32 Å². The predicted octanol–water partition coefficient (Wildman–Crippen LogP) is 2.16. The molecule has 1 atom stereocenters. The van der Waals surface area contributed by atoms with E-state index in [-0.39, 0.29) is 18.9 Å². The van der Waals surface area contributed by atoms with Crippen molar-refractivity contribution < 1.29 is 19.4 Å². The van der Waals surface area contributed by atoms with Crippen LogP contribution in [0.2, 0.25) is 0 Å². The van der Waals surface area contributed by atoms with Crippen molar-refractivity contribution in [1.29, 1.82) is 0 Å². The van der Waals surface area contributed by atoms with Crippen LogP contribution < -0.4 is 14.8 Å². The fraction of sp³-hybridized carbons (Fsp3) is 0.312. The number of carbonyl (C=O) groups excluding carboxylic acids is 1. The van der Waals surface area contributed by atoms with Gasteiger partial charge in [-0.05, 0) is 40.1 Å². The van der Waals surface area contributed by atoms with Gasteiger partial charge in [0.2, 0.25) is 5.91 Å². The summed E-state index contributed by atoms with van der Waals surface area (Å²) in [5, 5.41) is 16.4. The first-order chi connectivity index (χ1) is 10.6. The van der Waals surface area contributed by atoms with Crippen LogP contribution >= 0.6 is 11.3 Å². The number of hydrogen-bond acceptors (Lipinski definition) is 5. The Bertz CT molecular complexity index is 613. The zero-order valence-electron chi connectivity index (χ0n) is 12.5. The fourth-order valence-electron chi connectivity index (χ4n) is 2.03. The van der Waals surface area contributed by atoms with Crippen LogP contribution in [0.1, 0.15) is 17.2 Å². The molecule has 2 aromatic rings. The average molecular weight is 321 g/mol. The van der Waals surface area contributed by atoms with E-state index in [1.807, 2.05) is 22.9 Å². The van der Waals surface area contributed by atoms with Crippen LogP contribution in [0.3, 0.4) is 0 Å². The summed E-state index contributed by atoms with van der Waals surface area (Å²) in [6.45, 7) is 0.197. The molecule has 0 spiro atoms. The van der Waals surface area contributed by atoms with Crippen molar-refractivity contribution in [1.82, 2.24) is 5.32 Å². The van der Waals surface area contributed by atoms with E-state index >= 15 is 0 Å². The molecule has 0 fully saturated rings. The molecule has 118 valence electrons. The van der Waals surface area contributed by atoms with Crippen molar-refractivity contribution in [2.45, 2.75) is 12.5 Å². The molecule has 22 heavy (non-hydrogen) atoms. The molecule has 1 amide bonds. The van der Waals surface area contributed by atoms with Crippen LogP contribution in [0.15, 0.2) is 35.0 Å². The zero-order valence-corrected chi connectivity index (χ0v) is 13.4. The van der Waals surface area contributed by atoms with Gasteiger partial charge in [-0.3, -0.25) is 4.79 Å². The van der Waals surface area contributed by atoms with Crippen LogP contribution in [-0.4, -0.2) is 31.8 Å². The SMILES string of the molecule is COc1ccc(CC(=O)NCC(O)c2ccsc2)cc1OC. The summed E-state index contributed by atoms with van der Waals surface area (Å²) in [5.74, 6) is 1.06. The minimum Gasteiger partial charge on any atom is -0.493 e. The first-order valence-corrected chi connectivity index (χ1v) is 7.76. The first-order valence-electron chi connectivity index (χ1n) is 6.81. The number of amides is 1. The second-order valence-corrected chi connectivity index (χ2v) is 5.52. The lowest BCUT2D eigenvalue weighted by Crippen LogP contribution is -2.29. The van der Waals surface area contributed by atoms with E-state index < -0.39 is 6.10 Å². The largest absolute Gasteiger partial charge is 0.493 e. The minimum absolute atomic E-state index is 0.151. The Kier molecular flexibility index (Phi) is 5.80. The Morgan fingerprint density at radius 1 is 1.27 bits per heavy atom. The number of aliphatic hydroxyl groups excluding tert-OH is 1. The van der Waals surface area contributed by atoms with Crippen LogP contribution in [0.4, 0.5) is 0 Å². The Morgan fingerprint density at radius 2 is 2.05 bits per heavy atom. The number of benzene rings is 1. The van der Waals surface area contributed by atoms with Gasteiger partial charge in [-0.25, -0.2) is 0 Å². The monoisotopic (exact) mass is 321 g/mol. The Hall–Kier alpha value is -2.05. The quantitative estimate of drug-likeness (QED) is 0.820. The van der Waals surface area contributed by atoms with Crippen LogP contribution in [0.5, 0.6) is 11.5 Å². The van der Waals surface area contributed by atoms with Gasteiger partial charge in [0, 0.05) is 6.54 Å². The molecule has 1 heterocycles. The standard InChI is InChI=1S/C16H19NO4S/c1-20-14-4-3-11(7-15(14)21-2)8-16(19)17-9-13(18)12-5-6-22-10-12/h3-7,10,13,18H,8-9H2,1-2H3,(H,17,19). The molecule has 2 N–H and O–H groups in total. The molecule has 0 saturated heterocycles. The molecule has 6 heteroatoms. The van der Waals surface area contributed by atoms with Crippen LogP contribution in [0.25, 0.3) is 0 Å². The van der Waals surface area contributed by atoms with Gasteiger partial charge in [-0.1, -0.05) is 6.07 Å². The number of hydrogen-bond donors (Lipinski definition) is 2. The van der Waals surface area contributed by atoms with Crippen molar-refractivity contribution >= 4 is 17.2 Å². The summed E-state index contributed by atoms with van der Waals surface area (Å²) in [4.78, 5) is 11.9. The molecule has 1 aromatic heterocycles. The fourth-order valence-corrected chi connectivity index (χ4v) is 2.74. The number of rotatable bonds is 7. The number of aliphatic hydroxyl groups is 1. The average Bonchev–Trinajstić information content (AvgIpc) is 3.07. The molecule has 1 aromatic carbocycles. The van der Waals surface area contributed by atoms with Crippen molar-refractivity contribution in [2.24, 2.45) is 0 Å². The van der Waals surface area contributed by atoms with Crippen LogP contribution in [0, 0.1) is 0 Å². The lowest BCUT2D eigenvalue weighted by Gasteiger charge is -2.12. The van der Waals surface area contributed by atoms with E-state index in [9.17, 15) is 9.90 Å². The molecular weight excluding hydrogens is 302 g/mol. The van der Waals surface area contributed by atoms with Gasteiger partial charge < -0.3 is 19.9 Å². The number of nitrogens with one attached hydrogen (secondary N) is 1. The highest BCUT2D eigenvalue weighted by atomic mass is 32.1. The molecule has 0 aliphatic carbocycles. The van der Waals surface area contributed by atoms with Gasteiger partial charge >= 0.3 is 0 Å². The summed E-state index contributed by atoms with van der Waals surface area (Å²) in [6.07, 6.45) is -0.461. The van der Waals surface area contributed by atoms with Crippen molar-refractivity contribution in [3.05, 3.63) is 46.2 Å². The molecule has 2 rings (SSSR count). The van der Waals surface area contributed by atoms with Gasteiger partial charge in [0.25, 0.3) is 0 Å². The highest BCUT2D eigenvalue weighted by Crippen LogP contribution is 2.27. The van der Waals surface area contributed by atoms with E-state index in [0.717, 1.165) is 11.1 Å². The summed E-state index contributed by atoms with van der Waals surface area (Å²) >= 11 is 1.51. The second-order valence-electron chi connectivity index (χ2n) is 4.74. The van der Waals surface area contributed by atoms with Crippen molar-refractivity contribution in [2.75, 3.05) is 20.8 Å². The predicted molar refractivity (Wildman–Crippen MR) is 85.5 cm³/mol.